The predicted octanol–water partition coefficient (Wildman–Crippen LogP) is -1.14. The number of benzene rings is 2. The number of fused-ring (bicyclic) bond motifs is 1. The zero-order valence-corrected chi connectivity index (χ0v) is 11.5. The summed E-state index contributed by atoms with van der Waals surface area (Å²) in [5.41, 5.74) is -1.15. The second-order valence-electron chi connectivity index (χ2n) is 5.14. The van der Waals surface area contributed by atoms with E-state index in [-0.39, 0.29) is 11.4 Å². The van der Waals surface area contributed by atoms with Gasteiger partial charge in [0.15, 0.2) is 0 Å². The molecule has 1 saturated heterocycles. The molecule has 0 saturated carbocycles. The fraction of sp³-hybridized carbons (Fsp3) is 0.333. The number of hydrogen-bond acceptors (Lipinski definition) is 6. The average Bonchev–Trinajstić information content (AvgIpc) is 2.54. The molecule has 2 aromatic carbocycles. The van der Waals surface area contributed by atoms with E-state index in [0.29, 0.717) is 16.1 Å². The van der Waals surface area contributed by atoms with E-state index in [4.69, 9.17) is 5.84 Å². The lowest BCUT2D eigenvalue weighted by molar-refractivity contribution is 0.453. The van der Waals surface area contributed by atoms with Crippen LogP contribution in [0, 0.1) is 0 Å². The van der Waals surface area contributed by atoms with Crippen molar-refractivity contribution >= 4 is 10.8 Å². The van der Waals surface area contributed by atoms with Crippen molar-refractivity contribution in [3.63, 3.8) is 0 Å². The molecular formula is C15H16N4O2. The summed E-state index contributed by atoms with van der Waals surface area (Å²) < 4.78 is 0. The first kappa shape index (κ1) is 13.6. The molecule has 108 valence electrons. The van der Waals surface area contributed by atoms with E-state index in [1.807, 2.05) is 0 Å². The minimum absolute atomic E-state index is 0.0278. The van der Waals surface area contributed by atoms with E-state index >= 15 is 0 Å². The molecule has 0 atom stereocenters. The van der Waals surface area contributed by atoms with Crippen molar-refractivity contribution in [2.24, 2.45) is 15.9 Å². The Kier molecular flexibility index (Phi) is 3.62. The summed E-state index contributed by atoms with van der Waals surface area (Å²) in [6.45, 7) is 1.71. The molecule has 6 nitrogen and oxygen atoms in total. The number of piperidine rings is 1. The molecule has 6 heteroatoms. The Morgan fingerprint density at radius 3 is 2.33 bits per heavy atom. The Labute approximate surface area is 120 Å². The lowest BCUT2D eigenvalue weighted by Crippen LogP contribution is -2.49. The minimum atomic E-state index is -0.614. The number of nitrogens with zero attached hydrogens (tertiary/aromatic N) is 2. The molecular weight excluding hydrogens is 268 g/mol. The van der Waals surface area contributed by atoms with Crippen LogP contribution in [0.1, 0.15) is 12.8 Å². The van der Waals surface area contributed by atoms with Gasteiger partial charge < -0.3 is 11.2 Å². The SMILES string of the molecule is NN=c1c(=NC2CCNCC2)c(=O)c(=O)c2ccccc12. The highest BCUT2D eigenvalue weighted by Crippen LogP contribution is 2.05. The number of hydrogen-bond donors (Lipinski definition) is 2. The molecule has 0 aliphatic carbocycles. The average molecular weight is 284 g/mol. The van der Waals surface area contributed by atoms with Gasteiger partial charge in [-0.3, -0.25) is 14.6 Å². The molecule has 1 heterocycles. The molecule has 3 N–H and O–H groups in total. The minimum Gasteiger partial charge on any atom is -0.323 e. The summed E-state index contributed by atoms with van der Waals surface area (Å²) in [5, 5.41) is 8.30. The van der Waals surface area contributed by atoms with Crippen molar-refractivity contribution in [2.75, 3.05) is 13.1 Å². The molecule has 0 unspecified atom stereocenters. The highest BCUT2D eigenvalue weighted by Gasteiger charge is 2.14. The van der Waals surface area contributed by atoms with E-state index in [1.54, 1.807) is 24.3 Å². The summed E-state index contributed by atoms with van der Waals surface area (Å²) in [5.74, 6) is 5.45. The molecule has 3 rings (SSSR count). The first-order chi connectivity index (χ1) is 10.2. The van der Waals surface area contributed by atoms with Crippen LogP contribution in [0.25, 0.3) is 10.8 Å². The van der Waals surface area contributed by atoms with Crippen molar-refractivity contribution in [3.8, 4) is 0 Å². The van der Waals surface area contributed by atoms with Gasteiger partial charge in [-0.05, 0) is 25.9 Å². The zero-order chi connectivity index (χ0) is 14.8. The van der Waals surface area contributed by atoms with Crippen molar-refractivity contribution in [1.82, 2.24) is 5.32 Å². The van der Waals surface area contributed by atoms with Crippen molar-refractivity contribution in [1.29, 1.82) is 0 Å². The molecule has 0 spiro atoms. The van der Waals surface area contributed by atoms with Gasteiger partial charge in [-0.2, -0.15) is 5.10 Å². The van der Waals surface area contributed by atoms with Crippen LogP contribution in [0.2, 0.25) is 0 Å². The Morgan fingerprint density at radius 1 is 1.00 bits per heavy atom. The van der Waals surface area contributed by atoms with Gasteiger partial charge in [-0.25, -0.2) is 0 Å². The molecule has 1 fully saturated rings. The largest absolute Gasteiger partial charge is 0.323 e. The van der Waals surface area contributed by atoms with Crippen LogP contribution >= 0.6 is 0 Å². The Balaban J connectivity index is 2.37. The summed E-state index contributed by atoms with van der Waals surface area (Å²) in [4.78, 5) is 29.0. The van der Waals surface area contributed by atoms with Gasteiger partial charge in [-0.1, -0.05) is 24.3 Å². The van der Waals surface area contributed by atoms with Gasteiger partial charge in [0.25, 0.3) is 5.43 Å². The molecule has 0 radical (unpaired) electrons. The maximum atomic E-state index is 12.3. The van der Waals surface area contributed by atoms with Crippen LogP contribution in [0.3, 0.4) is 0 Å². The standard InChI is InChI=1S/C15H16N4O2/c16-19-12-10-3-1-2-4-11(10)14(20)15(21)13(12)18-9-5-7-17-8-6-9/h1-4,9,17H,5-8,16H2. The fourth-order valence-corrected chi connectivity index (χ4v) is 2.72. The van der Waals surface area contributed by atoms with Crippen LogP contribution < -0.4 is 32.7 Å². The first-order valence-corrected chi connectivity index (χ1v) is 6.97. The molecule has 1 aliphatic rings. The third kappa shape index (κ3) is 2.38. The molecule has 21 heavy (non-hydrogen) atoms. The van der Waals surface area contributed by atoms with E-state index in [1.165, 1.54) is 0 Å². The molecule has 0 aromatic heterocycles. The highest BCUT2D eigenvalue weighted by atomic mass is 16.2. The monoisotopic (exact) mass is 284 g/mol. The van der Waals surface area contributed by atoms with E-state index in [9.17, 15) is 9.59 Å². The Morgan fingerprint density at radius 2 is 1.67 bits per heavy atom. The molecule has 0 bridgehead atoms. The topological polar surface area (TPSA) is 96.9 Å². The Bertz CT molecular complexity index is 889. The smallest absolute Gasteiger partial charge is 0.253 e. The van der Waals surface area contributed by atoms with Crippen molar-refractivity contribution in [3.05, 3.63) is 55.4 Å². The summed E-state index contributed by atoms with van der Waals surface area (Å²) in [6.07, 6.45) is 1.68. The maximum absolute atomic E-state index is 12.3. The Hall–Kier alpha value is -2.34. The maximum Gasteiger partial charge on any atom is 0.253 e. The quantitative estimate of drug-likeness (QED) is 0.393. The van der Waals surface area contributed by atoms with Crippen LogP contribution in [0.5, 0.6) is 0 Å². The van der Waals surface area contributed by atoms with E-state index in [0.717, 1.165) is 25.9 Å². The lowest BCUT2D eigenvalue weighted by atomic mass is 10.1. The van der Waals surface area contributed by atoms with Crippen LogP contribution in [0.15, 0.2) is 43.9 Å². The third-order valence-electron chi connectivity index (χ3n) is 3.82. The zero-order valence-electron chi connectivity index (χ0n) is 11.5. The first-order valence-electron chi connectivity index (χ1n) is 6.97. The summed E-state index contributed by atoms with van der Waals surface area (Å²) >= 11 is 0. The van der Waals surface area contributed by atoms with Crippen LogP contribution in [-0.4, -0.2) is 19.1 Å². The van der Waals surface area contributed by atoms with Gasteiger partial charge in [0.05, 0.1) is 6.04 Å². The number of nitrogens with two attached hydrogens (primary N) is 1. The van der Waals surface area contributed by atoms with Gasteiger partial charge in [-0.15, -0.1) is 0 Å². The van der Waals surface area contributed by atoms with Crippen molar-refractivity contribution < 1.29 is 0 Å². The normalized spacial score (nSPS) is 18.5. The molecule has 0 amide bonds. The predicted molar refractivity (Wildman–Crippen MR) is 80.1 cm³/mol. The summed E-state index contributed by atoms with van der Waals surface area (Å²) in [7, 11) is 0. The number of rotatable bonds is 1. The fourth-order valence-electron chi connectivity index (χ4n) is 2.72. The second kappa shape index (κ2) is 5.57. The summed E-state index contributed by atoms with van der Waals surface area (Å²) in [6, 6.07) is 6.88. The lowest BCUT2D eigenvalue weighted by Gasteiger charge is -2.18. The molecule has 2 aromatic rings. The third-order valence-corrected chi connectivity index (χ3v) is 3.82. The highest BCUT2D eigenvalue weighted by molar-refractivity contribution is 5.81. The van der Waals surface area contributed by atoms with Crippen LogP contribution in [0.4, 0.5) is 0 Å². The molecule has 1 aliphatic heterocycles. The van der Waals surface area contributed by atoms with Gasteiger partial charge in [0.2, 0.25) is 5.43 Å². The number of nitrogens with one attached hydrogen (secondary N) is 1. The van der Waals surface area contributed by atoms with Crippen molar-refractivity contribution in [2.45, 2.75) is 18.9 Å². The van der Waals surface area contributed by atoms with Crippen LogP contribution in [-0.2, 0) is 0 Å². The van der Waals surface area contributed by atoms with Gasteiger partial charge in [0.1, 0.15) is 10.7 Å². The second-order valence-corrected chi connectivity index (χ2v) is 5.14. The van der Waals surface area contributed by atoms with E-state index in [2.05, 4.69) is 15.4 Å². The van der Waals surface area contributed by atoms with E-state index < -0.39 is 10.9 Å². The van der Waals surface area contributed by atoms with Gasteiger partial charge in [0, 0.05) is 10.8 Å². The van der Waals surface area contributed by atoms with Gasteiger partial charge >= 0.3 is 0 Å².